The second-order valence-corrected chi connectivity index (χ2v) is 7.66. The molecule has 1 fully saturated rings. The van der Waals surface area contributed by atoms with Gasteiger partial charge in [0, 0.05) is 10.4 Å². The number of carbonyl (C=O) groups excluding carboxylic acids is 1. The molecular formula is C16H22BrNO. The van der Waals surface area contributed by atoms with Crippen LogP contribution >= 0.6 is 15.9 Å². The molecule has 104 valence electrons. The highest BCUT2D eigenvalue weighted by molar-refractivity contribution is 9.10. The standard InChI is InChI=1S/C16H22BrNO/c1-9-7-10(2)12(11(17)8-9)18-14(19)13-15(3,4)16(13,5)6/h7-8,13H,1-6H3,(H,18,19). The maximum Gasteiger partial charge on any atom is 0.228 e. The summed E-state index contributed by atoms with van der Waals surface area (Å²) in [5, 5.41) is 3.09. The Morgan fingerprint density at radius 1 is 1.16 bits per heavy atom. The minimum Gasteiger partial charge on any atom is -0.325 e. The summed E-state index contributed by atoms with van der Waals surface area (Å²) in [5.41, 5.74) is 3.32. The summed E-state index contributed by atoms with van der Waals surface area (Å²) < 4.78 is 0.953. The van der Waals surface area contributed by atoms with Gasteiger partial charge < -0.3 is 5.32 Å². The van der Waals surface area contributed by atoms with Crippen molar-refractivity contribution in [2.24, 2.45) is 16.7 Å². The Morgan fingerprint density at radius 2 is 1.68 bits per heavy atom. The molecule has 1 N–H and O–H groups in total. The Labute approximate surface area is 124 Å². The molecule has 0 spiro atoms. The maximum atomic E-state index is 12.5. The van der Waals surface area contributed by atoms with Crippen LogP contribution in [0.15, 0.2) is 16.6 Å². The summed E-state index contributed by atoms with van der Waals surface area (Å²) in [6.07, 6.45) is 0. The van der Waals surface area contributed by atoms with Crippen molar-refractivity contribution in [2.45, 2.75) is 41.5 Å². The minimum atomic E-state index is 0.0716. The molecular weight excluding hydrogens is 302 g/mol. The topological polar surface area (TPSA) is 29.1 Å². The number of rotatable bonds is 2. The van der Waals surface area contributed by atoms with E-state index in [2.05, 4.69) is 61.9 Å². The maximum absolute atomic E-state index is 12.5. The average molecular weight is 324 g/mol. The SMILES string of the molecule is Cc1cc(C)c(NC(=O)C2C(C)(C)C2(C)C)c(Br)c1. The molecule has 2 rings (SSSR count). The van der Waals surface area contributed by atoms with Crippen molar-refractivity contribution in [3.63, 3.8) is 0 Å². The van der Waals surface area contributed by atoms with Crippen molar-refractivity contribution in [2.75, 3.05) is 5.32 Å². The van der Waals surface area contributed by atoms with Crippen LogP contribution in [-0.2, 0) is 4.79 Å². The van der Waals surface area contributed by atoms with Gasteiger partial charge in [0.2, 0.25) is 5.91 Å². The van der Waals surface area contributed by atoms with Crippen molar-refractivity contribution in [1.82, 2.24) is 0 Å². The van der Waals surface area contributed by atoms with Gasteiger partial charge in [-0.25, -0.2) is 0 Å². The highest BCUT2D eigenvalue weighted by atomic mass is 79.9. The van der Waals surface area contributed by atoms with E-state index in [1.165, 1.54) is 5.56 Å². The highest BCUT2D eigenvalue weighted by Gasteiger charge is 2.68. The lowest BCUT2D eigenvalue weighted by Crippen LogP contribution is -2.18. The van der Waals surface area contributed by atoms with Gasteiger partial charge in [0.05, 0.1) is 5.69 Å². The number of benzene rings is 1. The lowest BCUT2D eigenvalue weighted by Gasteiger charge is -2.12. The van der Waals surface area contributed by atoms with E-state index < -0.39 is 0 Å². The fourth-order valence-corrected chi connectivity index (χ4v) is 3.89. The third-order valence-corrected chi connectivity index (χ3v) is 5.59. The van der Waals surface area contributed by atoms with Crippen LogP contribution in [0.1, 0.15) is 38.8 Å². The number of hydrogen-bond donors (Lipinski definition) is 1. The molecule has 0 saturated heterocycles. The molecule has 1 aliphatic rings. The van der Waals surface area contributed by atoms with Gasteiger partial charge in [0.15, 0.2) is 0 Å². The number of halogens is 1. The van der Waals surface area contributed by atoms with Gasteiger partial charge in [0.1, 0.15) is 0 Å². The summed E-state index contributed by atoms with van der Waals surface area (Å²) in [4.78, 5) is 12.5. The van der Waals surface area contributed by atoms with Gasteiger partial charge in [-0.15, -0.1) is 0 Å². The smallest absolute Gasteiger partial charge is 0.228 e. The van der Waals surface area contributed by atoms with Gasteiger partial charge in [-0.3, -0.25) is 4.79 Å². The van der Waals surface area contributed by atoms with E-state index in [4.69, 9.17) is 0 Å². The van der Waals surface area contributed by atoms with Gasteiger partial charge in [-0.1, -0.05) is 33.8 Å². The summed E-state index contributed by atoms with van der Waals surface area (Å²) >= 11 is 3.54. The monoisotopic (exact) mass is 323 g/mol. The lowest BCUT2D eigenvalue weighted by molar-refractivity contribution is -0.118. The van der Waals surface area contributed by atoms with E-state index in [9.17, 15) is 4.79 Å². The minimum absolute atomic E-state index is 0.0716. The summed E-state index contributed by atoms with van der Waals surface area (Å²) in [5.74, 6) is 0.204. The van der Waals surface area contributed by atoms with Crippen molar-refractivity contribution in [1.29, 1.82) is 0 Å². The zero-order valence-corrected chi connectivity index (χ0v) is 14.1. The summed E-state index contributed by atoms with van der Waals surface area (Å²) in [7, 11) is 0. The summed E-state index contributed by atoms with van der Waals surface area (Å²) in [6.45, 7) is 12.7. The van der Waals surface area contributed by atoms with Gasteiger partial charge in [0.25, 0.3) is 0 Å². The van der Waals surface area contributed by atoms with Crippen LogP contribution in [0.5, 0.6) is 0 Å². The van der Waals surface area contributed by atoms with Crippen LogP contribution < -0.4 is 5.32 Å². The average Bonchev–Trinajstić information content (AvgIpc) is 2.63. The molecule has 3 heteroatoms. The number of nitrogens with one attached hydrogen (secondary N) is 1. The van der Waals surface area contributed by atoms with Crippen LogP contribution in [0.3, 0.4) is 0 Å². The number of hydrogen-bond acceptors (Lipinski definition) is 1. The first-order valence-corrected chi connectivity index (χ1v) is 7.46. The van der Waals surface area contributed by atoms with E-state index >= 15 is 0 Å². The molecule has 0 bridgehead atoms. The van der Waals surface area contributed by atoms with Gasteiger partial charge in [-0.05, 0) is 57.8 Å². The van der Waals surface area contributed by atoms with Crippen molar-refractivity contribution >= 4 is 27.5 Å². The number of aryl methyl sites for hydroxylation is 2. The third kappa shape index (κ3) is 2.22. The molecule has 1 aromatic rings. The van der Waals surface area contributed by atoms with Crippen molar-refractivity contribution in [3.05, 3.63) is 27.7 Å². The molecule has 1 aromatic carbocycles. The number of anilines is 1. The molecule has 0 aromatic heterocycles. The molecule has 1 aliphatic carbocycles. The molecule has 1 amide bonds. The van der Waals surface area contributed by atoms with E-state index in [-0.39, 0.29) is 22.7 Å². The van der Waals surface area contributed by atoms with E-state index in [1.54, 1.807) is 0 Å². The van der Waals surface area contributed by atoms with Crippen LogP contribution in [0.2, 0.25) is 0 Å². The Bertz CT molecular complexity index is 509. The van der Waals surface area contributed by atoms with Crippen LogP contribution in [-0.4, -0.2) is 5.91 Å². The molecule has 1 saturated carbocycles. The fraction of sp³-hybridized carbons (Fsp3) is 0.562. The first-order valence-electron chi connectivity index (χ1n) is 6.66. The van der Waals surface area contributed by atoms with Gasteiger partial charge >= 0.3 is 0 Å². The van der Waals surface area contributed by atoms with E-state index in [1.807, 2.05) is 13.0 Å². The Kier molecular flexibility index (Phi) is 3.33. The third-order valence-electron chi connectivity index (χ3n) is 4.96. The Balaban J connectivity index is 2.23. The van der Waals surface area contributed by atoms with E-state index in [0.29, 0.717) is 0 Å². The Hall–Kier alpha value is -0.830. The van der Waals surface area contributed by atoms with Crippen LogP contribution in [0.25, 0.3) is 0 Å². The number of carbonyl (C=O) groups is 1. The fourth-order valence-electron chi connectivity index (χ4n) is 3.12. The van der Waals surface area contributed by atoms with Crippen molar-refractivity contribution in [3.8, 4) is 0 Å². The first kappa shape index (κ1) is 14.6. The predicted octanol–water partition coefficient (Wildman–Crippen LogP) is 4.69. The van der Waals surface area contributed by atoms with Gasteiger partial charge in [-0.2, -0.15) is 0 Å². The predicted molar refractivity (Wildman–Crippen MR) is 83.3 cm³/mol. The quantitative estimate of drug-likeness (QED) is 0.840. The normalized spacial score (nSPS) is 20.2. The first-order chi connectivity index (χ1) is 8.59. The van der Waals surface area contributed by atoms with Crippen LogP contribution in [0.4, 0.5) is 5.69 Å². The lowest BCUT2D eigenvalue weighted by atomic mass is 10.0. The summed E-state index contributed by atoms with van der Waals surface area (Å²) in [6, 6.07) is 4.12. The highest BCUT2D eigenvalue weighted by Crippen LogP contribution is 2.68. The molecule has 0 heterocycles. The number of amides is 1. The van der Waals surface area contributed by atoms with Crippen LogP contribution in [0, 0.1) is 30.6 Å². The van der Waals surface area contributed by atoms with Crippen molar-refractivity contribution < 1.29 is 4.79 Å². The second-order valence-electron chi connectivity index (χ2n) is 6.80. The largest absolute Gasteiger partial charge is 0.325 e. The Morgan fingerprint density at radius 3 is 2.11 bits per heavy atom. The van der Waals surface area contributed by atoms with E-state index in [0.717, 1.165) is 15.7 Å². The molecule has 0 atom stereocenters. The molecule has 0 aliphatic heterocycles. The second kappa shape index (κ2) is 4.34. The zero-order valence-electron chi connectivity index (χ0n) is 12.5. The molecule has 0 unspecified atom stereocenters. The zero-order chi connectivity index (χ0) is 14.6. The molecule has 0 radical (unpaired) electrons. The molecule has 2 nitrogen and oxygen atoms in total. The molecule has 19 heavy (non-hydrogen) atoms.